The van der Waals surface area contributed by atoms with Gasteiger partial charge in [-0.05, 0) is 50.6 Å². The molecule has 2 amide bonds. The van der Waals surface area contributed by atoms with E-state index in [9.17, 15) is 18.0 Å². The van der Waals surface area contributed by atoms with Gasteiger partial charge in [-0.1, -0.05) is 54.2 Å². The summed E-state index contributed by atoms with van der Waals surface area (Å²) < 4.78 is 37.9. The van der Waals surface area contributed by atoms with Crippen LogP contribution in [0.4, 0.5) is 10.6 Å². The molecule has 0 radical (unpaired) electrons. The molecular formula is C27H31N5O6S2. The topological polar surface area (TPSA) is 131 Å². The van der Waals surface area contributed by atoms with Crippen LogP contribution in [-0.4, -0.2) is 71.6 Å². The smallest absolute Gasteiger partial charge is 0.410 e. The van der Waals surface area contributed by atoms with Gasteiger partial charge in [-0.15, -0.1) is 10.2 Å². The van der Waals surface area contributed by atoms with Gasteiger partial charge >= 0.3 is 16.4 Å². The zero-order chi connectivity index (χ0) is 28.8. The Balaban J connectivity index is 1.35. The second kappa shape index (κ2) is 12.7. The number of rotatable bonds is 8. The highest BCUT2D eigenvalue weighted by atomic mass is 32.2. The predicted molar refractivity (Wildman–Crippen MR) is 151 cm³/mol. The average molecular weight is 586 g/mol. The second-order valence-corrected chi connectivity index (χ2v) is 12.4. The zero-order valence-corrected chi connectivity index (χ0v) is 24.1. The molecule has 13 heteroatoms. The number of hydrogen-bond acceptors (Lipinski definition) is 9. The van der Waals surface area contributed by atoms with Gasteiger partial charge in [0, 0.05) is 31.9 Å². The van der Waals surface area contributed by atoms with Crippen LogP contribution in [0.5, 0.6) is 5.75 Å². The number of para-hydroxylation sites is 1. The van der Waals surface area contributed by atoms with Crippen molar-refractivity contribution in [2.45, 2.75) is 37.2 Å². The molecule has 11 nitrogen and oxygen atoms in total. The molecule has 2 aromatic carbocycles. The third-order valence-electron chi connectivity index (χ3n) is 5.64. The Kier molecular flexibility index (Phi) is 9.28. The van der Waals surface area contributed by atoms with Gasteiger partial charge in [0.25, 0.3) is 5.91 Å². The third kappa shape index (κ3) is 8.16. The Bertz CT molecular complexity index is 1420. The third-order valence-corrected chi connectivity index (χ3v) is 8.02. The van der Waals surface area contributed by atoms with Crippen molar-refractivity contribution < 1.29 is 26.9 Å². The highest BCUT2D eigenvalue weighted by molar-refractivity contribution is 7.98. The molecule has 0 atom stereocenters. The molecular weight excluding hydrogens is 554 g/mol. The summed E-state index contributed by atoms with van der Waals surface area (Å²) in [7, 11) is -4.24. The van der Waals surface area contributed by atoms with Crippen molar-refractivity contribution in [3.05, 3.63) is 77.9 Å². The number of amides is 2. The van der Waals surface area contributed by atoms with Gasteiger partial charge in [0.05, 0.1) is 5.56 Å². The first-order valence-corrected chi connectivity index (χ1v) is 14.9. The van der Waals surface area contributed by atoms with Crippen LogP contribution in [-0.2, 0) is 20.8 Å². The minimum Gasteiger partial charge on any atom is -0.444 e. The van der Waals surface area contributed by atoms with E-state index in [1.54, 1.807) is 45.0 Å². The number of piperazine rings is 1. The van der Waals surface area contributed by atoms with Gasteiger partial charge in [-0.25, -0.2) is 4.79 Å². The molecule has 0 saturated carbocycles. The second-order valence-electron chi connectivity index (χ2n) is 9.89. The van der Waals surface area contributed by atoms with E-state index in [2.05, 4.69) is 15.5 Å². The van der Waals surface area contributed by atoms with E-state index in [-0.39, 0.29) is 43.3 Å². The van der Waals surface area contributed by atoms with Crippen LogP contribution in [0.3, 0.4) is 0 Å². The molecule has 40 heavy (non-hydrogen) atoms. The van der Waals surface area contributed by atoms with Gasteiger partial charge in [0.2, 0.25) is 0 Å². The van der Waals surface area contributed by atoms with Crippen LogP contribution in [0.2, 0.25) is 0 Å². The number of nitrogens with zero attached hydrogens (tertiary/aromatic N) is 4. The lowest BCUT2D eigenvalue weighted by Gasteiger charge is -2.34. The minimum atomic E-state index is -4.24. The summed E-state index contributed by atoms with van der Waals surface area (Å²) in [6.45, 7) is 5.65. The molecule has 1 saturated heterocycles. The van der Waals surface area contributed by atoms with Gasteiger partial charge in [-0.2, -0.15) is 12.7 Å². The fraction of sp³-hybridized carbons (Fsp3) is 0.333. The fourth-order valence-corrected chi connectivity index (χ4v) is 5.55. The summed E-state index contributed by atoms with van der Waals surface area (Å²) in [6.07, 6.45) is -0.501. The lowest BCUT2D eigenvalue weighted by Crippen LogP contribution is -2.52. The standard InChI is InChI=1S/C27H31N5O6S2/c1-27(2,3)37-26(34)31-15-17-32(18-16-31)40(35,36)38-22-12-8-7-11-21(22)25(33)28-23-13-14-24(30-29-23)39-19-20-9-5-4-6-10-20/h4-14H,15-19H2,1-3H3,(H,28,29,33). The molecule has 1 N–H and O–H groups in total. The van der Waals surface area contributed by atoms with Crippen LogP contribution in [0, 0.1) is 0 Å². The van der Waals surface area contributed by atoms with Crippen LogP contribution in [0.1, 0.15) is 36.7 Å². The molecule has 1 aliphatic heterocycles. The van der Waals surface area contributed by atoms with Gasteiger partial charge < -0.3 is 19.1 Å². The summed E-state index contributed by atoms with van der Waals surface area (Å²) in [5.41, 5.74) is 0.522. The van der Waals surface area contributed by atoms with Crippen LogP contribution in [0.25, 0.3) is 0 Å². The lowest BCUT2D eigenvalue weighted by atomic mass is 10.2. The van der Waals surface area contributed by atoms with Crippen molar-refractivity contribution in [3.8, 4) is 5.75 Å². The summed E-state index contributed by atoms with van der Waals surface area (Å²) in [4.78, 5) is 26.7. The molecule has 0 aliphatic carbocycles. The monoisotopic (exact) mass is 585 g/mol. The number of thioether (sulfide) groups is 1. The highest BCUT2D eigenvalue weighted by Crippen LogP contribution is 2.24. The van der Waals surface area contributed by atoms with E-state index in [0.29, 0.717) is 5.03 Å². The number of nitrogens with one attached hydrogen (secondary N) is 1. The first kappa shape index (κ1) is 29.3. The van der Waals surface area contributed by atoms with E-state index < -0.39 is 27.9 Å². The Morgan fingerprint density at radius 2 is 1.60 bits per heavy atom. The quantitative estimate of drug-likeness (QED) is 0.387. The Morgan fingerprint density at radius 3 is 2.25 bits per heavy atom. The largest absolute Gasteiger partial charge is 0.444 e. The first-order valence-electron chi connectivity index (χ1n) is 12.6. The minimum absolute atomic E-state index is 0.0165. The van der Waals surface area contributed by atoms with Gasteiger partial charge in [-0.3, -0.25) is 4.79 Å². The number of benzene rings is 2. The van der Waals surface area contributed by atoms with Crippen molar-refractivity contribution in [3.63, 3.8) is 0 Å². The molecule has 4 rings (SSSR count). The van der Waals surface area contributed by atoms with Gasteiger partial charge in [0.15, 0.2) is 11.6 Å². The lowest BCUT2D eigenvalue weighted by molar-refractivity contribution is 0.0189. The van der Waals surface area contributed by atoms with Crippen molar-refractivity contribution in [1.82, 2.24) is 19.4 Å². The predicted octanol–water partition coefficient (Wildman–Crippen LogP) is 4.20. The van der Waals surface area contributed by atoms with Gasteiger partial charge in [0.1, 0.15) is 10.6 Å². The number of aromatic nitrogens is 2. The maximum Gasteiger partial charge on any atom is 0.410 e. The van der Waals surface area contributed by atoms with Crippen molar-refractivity contribution >= 4 is 39.9 Å². The van der Waals surface area contributed by atoms with E-state index in [4.69, 9.17) is 8.92 Å². The molecule has 1 aromatic heterocycles. The van der Waals surface area contributed by atoms with Crippen molar-refractivity contribution in [1.29, 1.82) is 0 Å². The van der Waals surface area contributed by atoms with Crippen LogP contribution in [0.15, 0.2) is 71.8 Å². The van der Waals surface area contributed by atoms with E-state index in [1.165, 1.54) is 28.8 Å². The van der Waals surface area contributed by atoms with Crippen LogP contribution >= 0.6 is 11.8 Å². The maximum atomic E-state index is 13.0. The molecule has 0 unspecified atom stereocenters. The highest BCUT2D eigenvalue weighted by Gasteiger charge is 2.33. The average Bonchev–Trinajstić information content (AvgIpc) is 2.92. The normalized spacial score (nSPS) is 14.4. The summed E-state index contributed by atoms with van der Waals surface area (Å²) >= 11 is 1.52. The first-order chi connectivity index (χ1) is 19.0. The molecule has 2 heterocycles. The molecule has 1 aliphatic rings. The van der Waals surface area contributed by atoms with E-state index in [1.807, 2.05) is 30.3 Å². The summed E-state index contributed by atoms with van der Waals surface area (Å²) in [6, 6.07) is 19.4. The SMILES string of the molecule is CC(C)(C)OC(=O)N1CCN(S(=O)(=O)Oc2ccccc2C(=O)Nc2ccc(SCc3ccccc3)nn2)CC1. The number of anilines is 1. The van der Waals surface area contributed by atoms with E-state index >= 15 is 0 Å². The maximum absolute atomic E-state index is 13.0. The Morgan fingerprint density at radius 1 is 0.925 bits per heavy atom. The van der Waals surface area contributed by atoms with Crippen LogP contribution < -0.4 is 9.50 Å². The number of carbonyl (C=O) groups excluding carboxylic acids is 2. The Hall–Kier alpha value is -3.68. The number of carbonyl (C=O) groups is 2. The zero-order valence-electron chi connectivity index (χ0n) is 22.4. The van der Waals surface area contributed by atoms with E-state index in [0.717, 1.165) is 15.6 Å². The number of hydrogen-bond donors (Lipinski definition) is 1. The number of ether oxygens (including phenoxy) is 1. The summed E-state index contributed by atoms with van der Waals surface area (Å²) in [5.74, 6) is 0.221. The van der Waals surface area contributed by atoms with Crippen molar-refractivity contribution in [2.75, 3.05) is 31.5 Å². The molecule has 212 valence electrons. The molecule has 0 bridgehead atoms. The molecule has 0 spiro atoms. The molecule has 1 fully saturated rings. The fourth-order valence-electron chi connectivity index (χ4n) is 3.69. The molecule has 3 aromatic rings. The summed E-state index contributed by atoms with van der Waals surface area (Å²) in [5, 5.41) is 11.5. The van der Waals surface area contributed by atoms with Crippen molar-refractivity contribution in [2.24, 2.45) is 0 Å². The Labute approximate surface area is 238 Å².